The number of pyridine rings is 1. The Bertz CT molecular complexity index is 624. The van der Waals surface area contributed by atoms with Crippen molar-refractivity contribution in [1.29, 1.82) is 0 Å². The fourth-order valence-electron chi connectivity index (χ4n) is 1.88. The molecule has 0 radical (unpaired) electrons. The van der Waals surface area contributed by atoms with Crippen molar-refractivity contribution in [2.75, 3.05) is 5.32 Å². The van der Waals surface area contributed by atoms with Crippen molar-refractivity contribution in [3.8, 4) is 0 Å². The molecule has 1 aromatic heterocycles. The van der Waals surface area contributed by atoms with Gasteiger partial charge >= 0.3 is 0 Å². The molecule has 0 aliphatic carbocycles. The standard InChI is InChI=1S/C15H15BrN2O/c1-9-10(2)13(8-14(16)11(9)3)15(19)18-12-4-6-17-7-5-12/h4-8H,1-3H3,(H,17,18,19). The number of nitrogens with zero attached hydrogens (tertiary/aromatic N) is 1. The predicted octanol–water partition coefficient (Wildman–Crippen LogP) is 4.02. The smallest absolute Gasteiger partial charge is 0.255 e. The summed E-state index contributed by atoms with van der Waals surface area (Å²) in [4.78, 5) is 16.2. The van der Waals surface area contributed by atoms with Gasteiger partial charge in [-0.1, -0.05) is 15.9 Å². The third-order valence-electron chi connectivity index (χ3n) is 3.34. The highest BCUT2D eigenvalue weighted by Crippen LogP contribution is 2.26. The van der Waals surface area contributed by atoms with Crippen LogP contribution in [0.15, 0.2) is 35.1 Å². The van der Waals surface area contributed by atoms with Crippen molar-refractivity contribution in [2.45, 2.75) is 20.8 Å². The van der Waals surface area contributed by atoms with Gasteiger partial charge in [-0.3, -0.25) is 9.78 Å². The van der Waals surface area contributed by atoms with Crippen LogP contribution in [0, 0.1) is 20.8 Å². The zero-order valence-corrected chi connectivity index (χ0v) is 12.7. The van der Waals surface area contributed by atoms with Gasteiger partial charge < -0.3 is 5.32 Å². The number of hydrogen-bond donors (Lipinski definition) is 1. The number of nitrogens with one attached hydrogen (secondary N) is 1. The normalized spacial score (nSPS) is 10.3. The Labute approximate surface area is 121 Å². The predicted molar refractivity (Wildman–Crippen MR) is 80.5 cm³/mol. The molecule has 1 N–H and O–H groups in total. The molecule has 0 aliphatic rings. The summed E-state index contributed by atoms with van der Waals surface area (Å²) in [6, 6.07) is 5.40. The molecule has 4 heteroatoms. The number of benzene rings is 1. The SMILES string of the molecule is Cc1c(Br)cc(C(=O)Nc2ccncc2)c(C)c1C. The second-order valence-corrected chi connectivity index (χ2v) is 5.33. The van der Waals surface area contributed by atoms with Crippen molar-refractivity contribution < 1.29 is 4.79 Å². The van der Waals surface area contributed by atoms with Crippen LogP contribution in [0.2, 0.25) is 0 Å². The molecule has 1 heterocycles. The first-order valence-corrected chi connectivity index (χ1v) is 6.77. The summed E-state index contributed by atoms with van der Waals surface area (Å²) in [6.45, 7) is 6.03. The van der Waals surface area contributed by atoms with Crippen LogP contribution in [0.1, 0.15) is 27.0 Å². The maximum atomic E-state index is 12.3. The van der Waals surface area contributed by atoms with E-state index in [2.05, 4.69) is 26.2 Å². The van der Waals surface area contributed by atoms with E-state index < -0.39 is 0 Å². The summed E-state index contributed by atoms with van der Waals surface area (Å²) < 4.78 is 0.954. The van der Waals surface area contributed by atoms with Crippen LogP contribution in [0.4, 0.5) is 5.69 Å². The van der Waals surface area contributed by atoms with E-state index in [1.165, 1.54) is 0 Å². The molecule has 0 atom stereocenters. The average molecular weight is 319 g/mol. The molecule has 3 nitrogen and oxygen atoms in total. The van der Waals surface area contributed by atoms with E-state index in [-0.39, 0.29) is 5.91 Å². The highest BCUT2D eigenvalue weighted by atomic mass is 79.9. The van der Waals surface area contributed by atoms with Crippen LogP contribution >= 0.6 is 15.9 Å². The maximum absolute atomic E-state index is 12.3. The van der Waals surface area contributed by atoms with Crippen LogP contribution in [0.3, 0.4) is 0 Å². The molecule has 19 heavy (non-hydrogen) atoms. The number of carbonyl (C=O) groups is 1. The Balaban J connectivity index is 2.35. The minimum absolute atomic E-state index is 0.104. The van der Waals surface area contributed by atoms with Crippen LogP contribution in [0.5, 0.6) is 0 Å². The first-order chi connectivity index (χ1) is 9.00. The summed E-state index contributed by atoms with van der Waals surface area (Å²) in [7, 11) is 0. The molecule has 0 aliphatic heterocycles. The van der Waals surface area contributed by atoms with Crippen LogP contribution in [0.25, 0.3) is 0 Å². The largest absolute Gasteiger partial charge is 0.322 e. The number of hydrogen-bond acceptors (Lipinski definition) is 2. The Morgan fingerprint density at radius 2 is 1.74 bits per heavy atom. The van der Waals surface area contributed by atoms with Crippen LogP contribution in [-0.2, 0) is 0 Å². The second kappa shape index (κ2) is 5.53. The average Bonchev–Trinajstić information content (AvgIpc) is 2.41. The van der Waals surface area contributed by atoms with Gasteiger partial charge in [-0.05, 0) is 55.7 Å². The van der Waals surface area contributed by atoms with Gasteiger partial charge in [0, 0.05) is 28.1 Å². The van der Waals surface area contributed by atoms with Crippen molar-refractivity contribution in [3.05, 3.63) is 57.3 Å². The summed E-state index contributed by atoms with van der Waals surface area (Å²) >= 11 is 3.49. The van der Waals surface area contributed by atoms with Crippen molar-refractivity contribution in [3.63, 3.8) is 0 Å². The molecule has 1 amide bonds. The number of amides is 1. The van der Waals surface area contributed by atoms with Gasteiger partial charge in [0.1, 0.15) is 0 Å². The summed E-state index contributed by atoms with van der Waals surface area (Å²) in [6.07, 6.45) is 3.30. The lowest BCUT2D eigenvalue weighted by molar-refractivity contribution is 0.102. The highest BCUT2D eigenvalue weighted by Gasteiger charge is 2.14. The van der Waals surface area contributed by atoms with Crippen molar-refractivity contribution in [2.24, 2.45) is 0 Å². The minimum Gasteiger partial charge on any atom is -0.322 e. The van der Waals surface area contributed by atoms with E-state index in [1.54, 1.807) is 24.5 Å². The number of carbonyl (C=O) groups excluding carboxylic acids is 1. The van der Waals surface area contributed by atoms with Gasteiger partial charge in [0.05, 0.1) is 0 Å². The number of rotatable bonds is 2. The van der Waals surface area contributed by atoms with E-state index in [4.69, 9.17) is 0 Å². The molecular formula is C15H15BrN2O. The van der Waals surface area contributed by atoms with Gasteiger partial charge in [0.2, 0.25) is 0 Å². The van der Waals surface area contributed by atoms with Crippen molar-refractivity contribution >= 4 is 27.5 Å². The lowest BCUT2D eigenvalue weighted by atomic mass is 9.98. The quantitative estimate of drug-likeness (QED) is 0.908. The van der Waals surface area contributed by atoms with Gasteiger partial charge in [-0.15, -0.1) is 0 Å². The topological polar surface area (TPSA) is 42.0 Å². The zero-order valence-electron chi connectivity index (χ0n) is 11.1. The Hall–Kier alpha value is -1.68. The fraction of sp³-hybridized carbons (Fsp3) is 0.200. The van der Waals surface area contributed by atoms with Crippen LogP contribution < -0.4 is 5.32 Å². The Morgan fingerprint density at radius 1 is 1.11 bits per heavy atom. The fourth-order valence-corrected chi connectivity index (χ4v) is 2.40. The first-order valence-electron chi connectivity index (χ1n) is 5.98. The lowest BCUT2D eigenvalue weighted by Gasteiger charge is -2.13. The van der Waals surface area contributed by atoms with Gasteiger partial charge in [0.25, 0.3) is 5.91 Å². The third-order valence-corrected chi connectivity index (χ3v) is 4.16. The molecule has 2 aromatic rings. The zero-order chi connectivity index (χ0) is 14.0. The van der Waals surface area contributed by atoms with Gasteiger partial charge in [-0.2, -0.15) is 0 Å². The molecule has 0 fully saturated rings. The molecular weight excluding hydrogens is 304 g/mol. The molecule has 0 unspecified atom stereocenters. The molecule has 0 saturated heterocycles. The third kappa shape index (κ3) is 2.84. The Kier molecular flexibility index (Phi) is 4.00. The van der Waals surface area contributed by atoms with E-state index in [1.807, 2.05) is 26.8 Å². The molecule has 2 rings (SSSR count). The monoisotopic (exact) mass is 318 g/mol. The van der Waals surface area contributed by atoms with E-state index in [0.717, 1.165) is 26.9 Å². The molecule has 98 valence electrons. The molecule has 0 saturated carbocycles. The molecule has 0 bridgehead atoms. The summed E-state index contributed by atoms with van der Waals surface area (Å²) in [5.41, 5.74) is 4.74. The number of aromatic nitrogens is 1. The van der Waals surface area contributed by atoms with Gasteiger partial charge in [0.15, 0.2) is 0 Å². The van der Waals surface area contributed by atoms with E-state index in [9.17, 15) is 4.79 Å². The summed E-state index contributed by atoms with van der Waals surface area (Å²) in [5, 5.41) is 2.87. The van der Waals surface area contributed by atoms with E-state index >= 15 is 0 Å². The molecule has 1 aromatic carbocycles. The second-order valence-electron chi connectivity index (χ2n) is 4.47. The number of halogens is 1. The Morgan fingerprint density at radius 3 is 2.37 bits per heavy atom. The summed E-state index contributed by atoms with van der Waals surface area (Å²) in [5.74, 6) is -0.104. The minimum atomic E-state index is -0.104. The maximum Gasteiger partial charge on any atom is 0.255 e. The van der Waals surface area contributed by atoms with Crippen LogP contribution in [-0.4, -0.2) is 10.9 Å². The van der Waals surface area contributed by atoms with Crippen molar-refractivity contribution in [1.82, 2.24) is 4.98 Å². The first kappa shape index (κ1) is 13.7. The molecule has 0 spiro atoms. The highest BCUT2D eigenvalue weighted by molar-refractivity contribution is 9.10. The van der Waals surface area contributed by atoms with Gasteiger partial charge in [-0.25, -0.2) is 0 Å². The lowest BCUT2D eigenvalue weighted by Crippen LogP contribution is -2.14. The number of anilines is 1. The van der Waals surface area contributed by atoms with E-state index in [0.29, 0.717) is 5.56 Å².